The number of aryl methyl sites for hydroxylation is 1. The summed E-state index contributed by atoms with van der Waals surface area (Å²) in [6.45, 7) is 2.44. The van der Waals surface area contributed by atoms with Crippen molar-refractivity contribution in [2.24, 2.45) is 0 Å². The van der Waals surface area contributed by atoms with Gasteiger partial charge in [-0.05, 0) is 25.5 Å². The zero-order chi connectivity index (χ0) is 15.2. The van der Waals surface area contributed by atoms with Crippen molar-refractivity contribution >= 4 is 11.6 Å². The van der Waals surface area contributed by atoms with Crippen LogP contribution in [-0.2, 0) is 4.79 Å². The SMILES string of the molecule is [2H]Cc1ccc(NC(=O)CCCCCC)cc1.[3H]OC. The lowest BCUT2D eigenvalue weighted by Gasteiger charge is -2.05. The molecule has 0 radical (unpaired) electrons. The van der Waals surface area contributed by atoms with Crippen LogP contribution in [0.25, 0.3) is 0 Å². The van der Waals surface area contributed by atoms with Crippen LogP contribution in [0.15, 0.2) is 24.3 Å². The fourth-order valence-corrected chi connectivity index (χ4v) is 1.52. The smallest absolute Gasteiger partial charge is 0.224 e. The average molecular weight is 254 g/mol. The molecule has 0 aromatic heterocycles. The van der Waals surface area contributed by atoms with Gasteiger partial charge in [-0.25, -0.2) is 0 Å². The maximum absolute atomic E-state index is 11.6. The van der Waals surface area contributed by atoms with E-state index in [0.29, 0.717) is 6.42 Å². The lowest BCUT2D eigenvalue weighted by atomic mass is 10.1. The van der Waals surface area contributed by atoms with Crippen LogP contribution in [0.3, 0.4) is 0 Å². The highest BCUT2D eigenvalue weighted by Gasteiger charge is 2.01. The van der Waals surface area contributed by atoms with Crippen LogP contribution in [0.2, 0.25) is 0 Å². The Morgan fingerprint density at radius 1 is 1.39 bits per heavy atom. The van der Waals surface area contributed by atoms with Gasteiger partial charge in [-0.2, -0.15) is 0 Å². The lowest BCUT2D eigenvalue weighted by Crippen LogP contribution is -2.10. The molecule has 0 atom stereocenters. The Bertz CT molecular complexity index is 355. The second kappa shape index (κ2) is 10.8. The summed E-state index contributed by atoms with van der Waals surface area (Å²) in [6.07, 6.45) is 5.08. The van der Waals surface area contributed by atoms with Crippen LogP contribution in [0.1, 0.15) is 46.0 Å². The van der Waals surface area contributed by atoms with Crippen molar-refractivity contribution in [2.45, 2.75) is 45.9 Å². The molecule has 18 heavy (non-hydrogen) atoms. The van der Waals surface area contributed by atoms with Crippen LogP contribution < -0.4 is 5.32 Å². The van der Waals surface area contributed by atoms with Gasteiger partial charge in [0.1, 0.15) is 0 Å². The Morgan fingerprint density at radius 3 is 2.61 bits per heavy atom. The van der Waals surface area contributed by atoms with Gasteiger partial charge in [-0.15, -0.1) is 0 Å². The van der Waals surface area contributed by atoms with E-state index < -0.39 is 0 Å². The van der Waals surface area contributed by atoms with Gasteiger partial charge >= 0.3 is 0 Å². The van der Waals surface area contributed by atoms with E-state index in [2.05, 4.69) is 17.3 Å². The van der Waals surface area contributed by atoms with E-state index in [0.717, 1.165) is 24.1 Å². The third-order valence-electron chi connectivity index (χ3n) is 2.50. The minimum atomic E-state index is 0.0831. The van der Waals surface area contributed by atoms with Crippen LogP contribution >= 0.6 is 0 Å². The summed E-state index contributed by atoms with van der Waals surface area (Å²) in [5.41, 5.74) is 1.79. The maximum Gasteiger partial charge on any atom is 0.224 e. The number of aliphatic hydroxyl groups is 1. The first-order chi connectivity index (χ1) is 9.67. The molecule has 0 bridgehead atoms. The number of anilines is 1. The van der Waals surface area contributed by atoms with Gasteiger partial charge in [0.2, 0.25) is 7.34 Å². The number of aliphatic hydroxyl groups excluding tert-OH is 1. The van der Waals surface area contributed by atoms with E-state index in [-0.39, 0.29) is 12.8 Å². The monoisotopic (exact) mass is 254 g/mol. The first kappa shape index (κ1) is 13.1. The van der Waals surface area contributed by atoms with Gasteiger partial charge in [0.05, 0.1) is 0 Å². The zero-order valence-corrected chi connectivity index (χ0v) is 11.4. The van der Waals surface area contributed by atoms with E-state index in [9.17, 15) is 4.79 Å². The molecular formula is C15H25NO2. The van der Waals surface area contributed by atoms with Crippen molar-refractivity contribution in [3.05, 3.63) is 29.8 Å². The Labute approximate surface area is 113 Å². The predicted molar refractivity (Wildman–Crippen MR) is 76.7 cm³/mol. The van der Waals surface area contributed by atoms with E-state index >= 15 is 0 Å². The van der Waals surface area contributed by atoms with Crippen molar-refractivity contribution < 1.29 is 11.3 Å². The maximum atomic E-state index is 11.6. The van der Waals surface area contributed by atoms with Gasteiger partial charge in [0, 0.05) is 20.6 Å². The van der Waals surface area contributed by atoms with Crippen LogP contribution in [0.5, 0.6) is 0 Å². The minimum absolute atomic E-state index is 0.0831. The Kier molecular flexibility index (Phi) is 7.84. The molecule has 1 amide bonds. The summed E-state index contributed by atoms with van der Waals surface area (Å²) in [6, 6.07) is 7.46. The molecule has 0 aliphatic rings. The summed E-state index contributed by atoms with van der Waals surface area (Å²) >= 11 is 0. The highest BCUT2D eigenvalue weighted by Crippen LogP contribution is 2.10. The molecule has 102 valence electrons. The number of nitrogens with one attached hydrogen (secondary N) is 1. The molecule has 0 unspecified atom stereocenters. The largest absolute Gasteiger partial charge is 0.400 e. The summed E-state index contributed by atoms with van der Waals surface area (Å²) in [5, 5.41) is 6.37. The molecule has 1 rings (SSSR count). The molecule has 0 spiro atoms. The van der Waals surface area contributed by atoms with Crippen LogP contribution in [-0.4, -0.2) is 19.6 Å². The van der Waals surface area contributed by atoms with Gasteiger partial charge in [0.15, 0.2) is 0 Å². The molecular weight excluding hydrogens is 226 g/mol. The highest BCUT2D eigenvalue weighted by atomic mass is 16.2. The number of rotatable bonds is 6. The minimum Gasteiger partial charge on any atom is -0.400 e. The van der Waals surface area contributed by atoms with Crippen molar-refractivity contribution in [1.82, 2.24) is 0 Å². The van der Waals surface area contributed by atoms with E-state index in [1.54, 1.807) is 0 Å². The van der Waals surface area contributed by atoms with Crippen molar-refractivity contribution in [2.75, 3.05) is 12.4 Å². The zero-order valence-electron chi connectivity index (χ0n) is 13.4. The number of carbonyl (C=O) groups excluding carboxylic acids is 1. The summed E-state index contributed by atoms with van der Waals surface area (Å²) in [4.78, 5) is 11.6. The molecule has 1 aromatic carbocycles. The van der Waals surface area contributed by atoms with E-state index in [4.69, 9.17) is 2.80 Å². The molecule has 0 saturated heterocycles. The summed E-state index contributed by atoms with van der Waals surface area (Å²) in [5.74, 6) is 0.0831. The quantitative estimate of drug-likeness (QED) is 0.763. The molecule has 2 N–H and O–H groups in total. The molecule has 3 nitrogen and oxygen atoms in total. The molecule has 0 saturated carbocycles. The van der Waals surface area contributed by atoms with E-state index in [1.165, 1.54) is 20.0 Å². The molecule has 0 aliphatic heterocycles. The van der Waals surface area contributed by atoms with Gasteiger partial charge in [0.25, 0.3) is 0 Å². The average Bonchev–Trinajstić information content (AvgIpc) is 2.45. The second-order valence-electron chi connectivity index (χ2n) is 4.06. The molecule has 3 heteroatoms. The topological polar surface area (TPSA) is 49.3 Å². The normalized spacial score (nSPS) is 10.8. The summed E-state index contributed by atoms with van der Waals surface area (Å²) in [7, 11) is 1.29. The van der Waals surface area contributed by atoms with Gasteiger partial charge in [-0.3, -0.25) is 4.79 Å². The first-order valence-corrected chi connectivity index (χ1v) is 6.35. The fourth-order valence-electron chi connectivity index (χ4n) is 1.52. The molecule has 0 fully saturated rings. The molecule has 1 aromatic rings. The number of hydrogen-bond acceptors (Lipinski definition) is 2. The second-order valence-corrected chi connectivity index (χ2v) is 4.06. The van der Waals surface area contributed by atoms with Gasteiger partial charge in [-0.1, -0.05) is 43.9 Å². The number of amides is 1. The van der Waals surface area contributed by atoms with Crippen LogP contribution in [0.4, 0.5) is 5.69 Å². The predicted octanol–water partition coefficient (Wildman–Crippen LogP) is 3.51. The van der Waals surface area contributed by atoms with Crippen molar-refractivity contribution in [3.8, 4) is 0 Å². The Hall–Kier alpha value is -1.35. The van der Waals surface area contributed by atoms with Gasteiger partial charge < -0.3 is 10.4 Å². The third kappa shape index (κ3) is 7.85. The standard InChI is InChI=1S/C14H21NO.CH4O/c1-3-4-5-6-7-14(16)15-13-10-8-12(2)9-11-13;1-2/h8-11H,3-7H2,1-2H3,(H,15,16);2H,1H3/i2D;2T. The Morgan fingerprint density at radius 2 is 2.06 bits per heavy atom. The number of hydrogen-bond donors (Lipinski definition) is 2. The fraction of sp³-hybridized carbons (Fsp3) is 0.533. The molecule has 0 aliphatic carbocycles. The summed E-state index contributed by atoms with van der Waals surface area (Å²) < 4.78 is 12.9. The number of benzene rings is 1. The van der Waals surface area contributed by atoms with Crippen molar-refractivity contribution in [3.63, 3.8) is 0 Å². The third-order valence-corrected chi connectivity index (χ3v) is 2.50. The molecule has 0 heterocycles. The van der Waals surface area contributed by atoms with Crippen molar-refractivity contribution in [1.29, 1.82) is 1.43 Å². The number of unbranched alkanes of at least 4 members (excludes halogenated alkanes) is 3. The lowest BCUT2D eigenvalue weighted by molar-refractivity contribution is -0.116. The van der Waals surface area contributed by atoms with Crippen LogP contribution in [0, 0.1) is 6.90 Å². The Balaban J connectivity index is 0.00000110. The first-order valence-electron chi connectivity index (χ1n) is 7.46. The van der Waals surface area contributed by atoms with E-state index in [1.807, 2.05) is 24.3 Å². The number of carbonyl (C=O) groups is 1. The highest BCUT2D eigenvalue weighted by molar-refractivity contribution is 5.90.